The van der Waals surface area contributed by atoms with Crippen molar-refractivity contribution >= 4 is 17.4 Å². The molecular weight excluding hydrogens is 220 g/mol. The summed E-state index contributed by atoms with van der Waals surface area (Å²) in [6.07, 6.45) is 2.87. The molecule has 1 rings (SSSR count). The lowest BCUT2D eigenvalue weighted by molar-refractivity contribution is 0.236. The molecule has 1 aromatic heterocycles. The highest BCUT2D eigenvalue weighted by Crippen LogP contribution is 2.07. The van der Waals surface area contributed by atoms with Gasteiger partial charge in [-0.3, -0.25) is 0 Å². The van der Waals surface area contributed by atoms with Gasteiger partial charge in [0.25, 0.3) is 0 Å². The Morgan fingerprint density at radius 3 is 2.75 bits per heavy atom. The molecule has 1 aromatic rings. The minimum atomic E-state index is -0.0507. The standard InChI is InChI=1S/C12H20N2OS/c1-3-10(4-2)14-12(15)13-8-7-11-6-5-9-16-11/h5-6,9-10H,3-4,7-8H2,1-2H3,(H2,13,14,15). The molecule has 0 saturated carbocycles. The van der Waals surface area contributed by atoms with Crippen LogP contribution >= 0.6 is 11.3 Å². The van der Waals surface area contributed by atoms with E-state index in [4.69, 9.17) is 0 Å². The molecule has 2 amide bonds. The van der Waals surface area contributed by atoms with Crippen LogP contribution in [-0.2, 0) is 6.42 Å². The fraction of sp³-hybridized carbons (Fsp3) is 0.583. The lowest BCUT2D eigenvalue weighted by Crippen LogP contribution is -2.42. The van der Waals surface area contributed by atoms with Gasteiger partial charge in [0.2, 0.25) is 0 Å². The van der Waals surface area contributed by atoms with E-state index in [1.807, 2.05) is 6.07 Å². The van der Waals surface area contributed by atoms with Crippen molar-refractivity contribution in [2.24, 2.45) is 0 Å². The first-order chi connectivity index (χ1) is 7.76. The average molecular weight is 240 g/mol. The van der Waals surface area contributed by atoms with Crippen molar-refractivity contribution in [1.29, 1.82) is 0 Å². The summed E-state index contributed by atoms with van der Waals surface area (Å²) >= 11 is 1.73. The minimum absolute atomic E-state index is 0.0507. The molecule has 0 aromatic carbocycles. The van der Waals surface area contributed by atoms with Crippen LogP contribution in [0.4, 0.5) is 4.79 Å². The van der Waals surface area contributed by atoms with Crippen molar-refractivity contribution in [3.63, 3.8) is 0 Å². The molecule has 0 atom stereocenters. The van der Waals surface area contributed by atoms with Crippen LogP contribution in [-0.4, -0.2) is 18.6 Å². The fourth-order valence-corrected chi connectivity index (χ4v) is 2.19. The molecule has 0 aliphatic rings. The molecule has 0 aliphatic carbocycles. The first-order valence-electron chi connectivity index (χ1n) is 5.83. The number of carbonyl (C=O) groups excluding carboxylic acids is 1. The van der Waals surface area contributed by atoms with Gasteiger partial charge in [0.05, 0.1) is 0 Å². The van der Waals surface area contributed by atoms with Gasteiger partial charge in [0.1, 0.15) is 0 Å². The van der Waals surface area contributed by atoms with Gasteiger partial charge in [-0.25, -0.2) is 4.79 Å². The minimum Gasteiger partial charge on any atom is -0.338 e. The highest BCUT2D eigenvalue weighted by Gasteiger charge is 2.06. The molecule has 1 heterocycles. The normalized spacial score (nSPS) is 10.4. The van der Waals surface area contributed by atoms with Crippen LogP contribution in [0, 0.1) is 0 Å². The molecule has 16 heavy (non-hydrogen) atoms. The maximum absolute atomic E-state index is 11.5. The van der Waals surface area contributed by atoms with E-state index in [9.17, 15) is 4.79 Å². The number of carbonyl (C=O) groups is 1. The summed E-state index contributed by atoms with van der Waals surface area (Å²) in [5.74, 6) is 0. The van der Waals surface area contributed by atoms with E-state index < -0.39 is 0 Å². The van der Waals surface area contributed by atoms with Gasteiger partial charge in [0, 0.05) is 17.5 Å². The van der Waals surface area contributed by atoms with E-state index in [2.05, 4.69) is 35.9 Å². The molecule has 0 aliphatic heterocycles. The predicted octanol–water partition coefficient (Wildman–Crippen LogP) is 2.78. The zero-order chi connectivity index (χ0) is 11.8. The van der Waals surface area contributed by atoms with Crippen LogP contribution in [0.15, 0.2) is 17.5 Å². The Kier molecular flexibility index (Phi) is 5.93. The predicted molar refractivity (Wildman–Crippen MR) is 68.9 cm³/mol. The third kappa shape index (κ3) is 4.66. The second kappa shape index (κ2) is 7.28. The molecule has 0 saturated heterocycles. The first-order valence-corrected chi connectivity index (χ1v) is 6.71. The van der Waals surface area contributed by atoms with Crippen molar-refractivity contribution in [1.82, 2.24) is 10.6 Å². The summed E-state index contributed by atoms with van der Waals surface area (Å²) in [7, 11) is 0. The van der Waals surface area contributed by atoms with Gasteiger partial charge in [0.15, 0.2) is 0 Å². The van der Waals surface area contributed by atoms with Gasteiger partial charge in [-0.05, 0) is 30.7 Å². The van der Waals surface area contributed by atoms with Gasteiger partial charge in [-0.1, -0.05) is 19.9 Å². The number of urea groups is 1. The van der Waals surface area contributed by atoms with Gasteiger partial charge < -0.3 is 10.6 Å². The lowest BCUT2D eigenvalue weighted by atomic mass is 10.2. The highest BCUT2D eigenvalue weighted by molar-refractivity contribution is 7.09. The van der Waals surface area contributed by atoms with Gasteiger partial charge >= 0.3 is 6.03 Å². The molecule has 0 spiro atoms. The lowest BCUT2D eigenvalue weighted by Gasteiger charge is -2.15. The molecular formula is C12H20N2OS. The quantitative estimate of drug-likeness (QED) is 0.788. The molecule has 0 radical (unpaired) electrons. The number of nitrogens with one attached hydrogen (secondary N) is 2. The van der Waals surface area contributed by atoms with Crippen molar-refractivity contribution in [3.05, 3.63) is 22.4 Å². The fourth-order valence-electron chi connectivity index (χ4n) is 1.48. The second-order valence-corrected chi connectivity index (χ2v) is 4.78. The maximum Gasteiger partial charge on any atom is 0.315 e. The topological polar surface area (TPSA) is 41.1 Å². The van der Waals surface area contributed by atoms with Crippen LogP contribution in [0.2, 0.25) is 0 Å². The molecule has 4 heteroatoms. The Hall–Kier alpha value is -1.03. The van der Waals surface area contributed by atoms with Crippen LogP contribution in [0.5, 0.6) is 0 Å². The summed E-state index contributed by atoms with van der Waals surface area (Å²) in [4.78, 5) is 12.8. The number of amides is 2. The molecule has 0 fully saturated rings. The maximum atomic E-state index is 11.5. The smallest absolute Gasteiger partial charge is 0.315 e. The van der Waals surface area contributed by atoms with E-state index >= 15 is 0 Å². The Morgan fingerprint density at radius 2 is 2.19 bits per heavy atom. The van der Waals surface area contributed by atoms with Crippen molar-refractivity contribution in [2.75, 3.05) is 6.54 Å². The van der Waals surface area contributed by atoms with E-state index in [0.717, 1.165) is 19.3 Å². The second-order valence-electron chi connectivity index (χ2n) is 3.74. The number of thiophene rings is 1. The molecule has 0 unspecified atom stereocenters. The number of hydrogen-bond donors (Lipinski definition) is 2. The van der Waals surface area contributed by atoms with Crippen LogP contribution < -0.4 is 10.6 Å². The first kappa shape index (κ1) is 13.0. The van der Waals surface area contributed by atoms with Gasteiger partial charge in [-0.15, -0.1) is 11.3 Å². The summed E-state index contributed by atoms with van der Waals surface area (Å²) in [6.45, 7) is 4.87. The van der Waals surface area contributed by atoms with Crippen molar-refractivity contribution in [3.8, 4) is 0 Å². The summed E-state index contributed by atoms with van der Waals surface area (Å²) < 4.78 is 0. The summed E-state index contributed by atoms with van der Waals surface area (Å²) in [5, 5.41) is 7.88. The third-order valence-corrected chi connectivity index (χ3v) is 3.49. The Labute approximate surface area is 101 Å². The van der Waals surface area contributed by atoms with Crippen molar-refractivity contribution < 1.29 is 4.79 Å². The van der Waals surface area contributed by atoms with Crippen LogP contribution in [0.25, 0.3) is 0 Å². The largest absolute Gasteiger partial charge is 0.338 e. The van der Waals surface area contributed by atoms with Gasteiger partial charge in [-0.2, -0.15) is 0 Å². The highest BCUT2D eigenvalue weighted by atomic mass is 32.1. The monoisotopic (exact) mass is 240 g/mol. The Morgan fingerprint density at radius 1 is 1.44 bits per heavy atom. The summed E-state index contributed by atoms with van der Waals surface area (Å²) in [5.41, 5.74) is 0. The van der Waals surface area contributed by atoms with E-state index in [-0.39, 0.29) is 6.03 Å². The average Bonchev–Trinajstić information content (AvgIpc) is 2.79. The SMILES string of the molecule is CCC(CC)NC(=O)NCCc1cccs1. The molecule has 90 valence electrons. The molecule has 3 nitrogen and oxygen atoms in total. The molecule has 0 bridgehead atoms. The zero-order valence-corrected chi connectivity index (χ0v) is 10.8. The number of hydrogen-bond acceptors (Lipinski definition) is 2. The number of rotatable bonds is 6. The van der Waals surface area contributed by atoms with Crippen molar-refractivity contribution in [2.45, 2.75) is 39.2 Å². The van der Waals surface area contributed by atoms with E-state index in [1.165, 1.54) is 4.88 Å². The van der Waals surface area contributed by atoms with Crippen LogP contribution in [0.3, 0.4) is 0 Å². The zero-order valence-electron chi connectivity index (χ0n) is 9.95. The molecule has 2 N–H and O–H groups in total. The Balaban J connectivity index is 2.15. The Bertz CT molecular complexity index is 294. The van der Waals surface area contributed by atoms with E-state index in [1.54, 1.807) is 11.3 Å². The third-order valence-electron chi connectivity index (χ3n) is 2.56. The van der Waals surface area contributed by atoms with E-state index in [0.29, 0.717) is 12.6 Å². The van der Waals surface area contributed by atoms with Crippen LogP contribution in [0.1, 0.15) is 31.6 Å². The summed E-state index contributed by atoms with van der Waals surface area (Å²) in [6, 6.07) is 4.36.